The Hall–Kier alpha value is -6.70. The fourth-order valence-corrected chi connectivity index (χ4v) is 8.51. The minimum Gasteiger partial charge on any atom is -0.455 e. The molecule has 0 spiro atoms. The molecule has 0 aliphatic heterocycles. The molecule has 0 radical (unpaired) electrons. The number of hydrogen-bond acceptors (Lipinski definition) is 1. The molecule has 1 aromatic heterocycles. The van der Waals surface area contributed by atoms with Crippen molar-refractivity contribution in [1.82, 2.24) is 0 Å². The number of hydrogen-bond donors (Lipinski definition) is 0. The molecule has 1 heterocycles. The van der Waals surface area contributed by atoms with Crippen molar-refractivity contribution in [2.45, 2.75) is 0 Å². The van der Waals surface area contributed by atoms with E-state index < -0.39 is 18.1 Å². The van der Waals surface area contributed by atoms with Crippen molar-refractivity contribution in [3.8, 4) is 22.3 Å². The fraction of sp³-hybridized carbons (Fsp3) is 0. The van der Waals surface area contributed by atoms with Crippen LogP contribution >= 0.6 is 0 Å². The minimum atomic E-state index is -0.503. The lowest BCUT2D eigenvalue weighted by molar-refractivity contribution is 0.674. The van der Waals surface area contributed by atoms with Crippen molar-refractivity contribution in [2.75, 3.05) is 0 Å². The SMILES string of the molecule is [2H]c1c([2H])c(-c2ccc3ccc4cccc5ccc2c3c45)c2c(oc3c4c([2H])c([2H])c([2H])c([2H])c4c([2H])c([2H])c32)c1-c1c2ccccc2cc2c1ccc1ccccc12. The molecule has 0 saturated heterocycles. The zero-order chi connectivity index (χ0) is 40.2. The fourth-order valence-electron chi connectivity index (χ4n) is 8.51. The number of fused-ring (bicyclic) bond motifs is 9. The van der Waals surface area contributed by atoms with Gasteiger partial charge in [-0.05, 0) is 99.3 Å². The van der Waals surface area contributed by atoms with Gasteiger partial charge in [-0.2, -0.15) is 0 Å². The van der Waals surface area contributed by atoms with Crippen molar-refractivity contribution < 1.29 is 15.4 Å². The minimum absolute atomic E-state index is 0.0117. The first kappa shape index (κ1) is 20.7. The Morgan fingerprint density at radius 2 is 1.02 bits per heavy atom. The first-order valence-corrected chi connectivity index (χ1v) is 17.0. The first-order valence-electron chi connectivity index (χ1n) is 21.0. The van der Waals surface area contributed by atoms with Gasteiger partial charge in [-0.15, -0.1) is 0 Å². The predicted octanol–water partition coefficient (Wildman–Crippen LogP) is 14.4. The summed E-state index contributed by atoms with van der Waals surface area (Å²) in [4.78, 5) is 0. The topological polar surface area (TPSA) is 13.1 Å². The molecule has 51 heavy (non-hydrogen) atoms. The summed E-state index contributed by atoms with van der Waals surface area (Å²) in [6.07, 6.45) is 0. The van der Waals surface area contributed by atoms with Crippen LogP contribution in [0.25, 0.3) is 120 Å². The van der Waals surface area contributed by atoms with Gasteiger partial charge < -0.3 is 4.42 Å². The monoisotopic (exact) mass is 652 g/mol. The maximum atomic E-state index is 10.1. The Labute approximate surface area is 304 Å². The molecule has 0 saturated carbocycles. The molecule has 12 aromatic rings. The van der Waals surface area contributed by atoms with Crippen LogP contribution in [0.2, 0.25) is 0 Å². The third-order valence-corrected chi connectivity index (χ3v) is 10.7. The van der Waals surface area contributed by atoms with E-state index in [0.717, 1.165) is 64.6 Å². The quantitative estimate of drug-likeness (QED) is 0.134. The van der Waals surface area contributed by atoms with Crippen LogP contribution in [0, 0.1) is 0 Å². The highest BCUT2D eigenvalue weighted by molar-refractivity contribution is 6.30. The highest BCUT2D eigenvalue weighted by Gasteiger charge is 2.23. The Bertz CT molecular complexity index is 3870. The maximum absolute atomic E-state index is 10.1. The molecule has 12 rings (SSSR count). The van der Waals surface area contributed by atoms with Gasteiger partial charge in [0.15, 0.2) is 0 Å². The lowest BCUT2D eigenvalue weighted by Gasteiger charge is -2.17. The number of benzene rings is 11. The first-order chi connectivity index (χ1) is 28.6. The lowest BCUT2D eigenvalue weighted by Crippen LogP contribution is -1.90. The average molecular weight is 653 g/mol. The highest BCUT2D eigenvalue weighted by Crippen LogP contribution is 2.49. The standard InChI is InChI=1S/C50H28O/c1-4-13-35-29(8-1)18-23-41-44(35)28-34-10-3-5-14-36(34)47(41)42-27-26-40(48-43-25-19-30-9-2-6-15-37(30)49(43)51-50(42)48)38-22-20-33-17-16-31-11-7-12-32-21-24-39(38)46(33)45(31)32/h1-28H/i2D,6D,9D,15D,19D,25D,26D,27D. The van der Waals surface area contributed by atoms with Crippen molar-refractivity contribution in [3.05, 3.63) is 170 Å². The third-order valence-electron chi connectivity index (χ3n) is 10.7. The molecule has 0 fully saturated rings. The summed E-state index contributed by atoms with van der Waals surface area (Å²) in [5, 5.41) is 12.1. The molecule has 0 atom stereocenters. The molecule has 0 N–H and O–H groups in total. The van der Waals surface area contributed by atoms with Gasteiger partial charge in [0, 0.05) is 27.3 Å². The van der Waals surface area contributed by atoms with Gasteiger partial charge >= 0.3 is 0 Å². The molecule has 11 aromatic carbocycles. The van der Waals surface area contributed by atoms with Gasteiger partial charge in [-0.1, -0.05) is 152 Å². The molecule has 0 amide bonds. The number of furan rings is 1. The van der Waals surface area contributed by atoms with E-state index in [9.17, 15) is 5.48 Å². The molecule has 0 bridgehead atoms. The second-order valence-corrected chi connectivity index (χ2v) is 13.3. The smallest absolute Gasteiger partial charge is 0.143 e. The van der Waals surface area contributed by atoms with Crippen LogP contribution in [0.15, 0.2) is 174 Å². The summed E-state index contributed by atoms with van der Waals surface area (Å²) >= 11 is 0. The molecule has 1 heteroatoms. The van der Waals surface area contributed by atoms with Crippen molar-refractivity contribution in [3.63, 3.8) is 0 Å². The normalized spacial score (nSPS) is 14.5. The molecule has 1 nitrogen and oxygen atoms in total. The van der Waals surface area contributed by atoms with Crippen LogP contribution < -0.4 is 0 Å². The van der Waals surface area contributed by atoms with E-state index in [1.807, 2.05) is 72.8 Å². The lowest BCUT2D eigenvalue weighted by atomic mass is 9.86. The highest BCUT2D eigenvalue weighted by atomic mass is 16.3. The van der Waals surface area contributed by atoms with Crippen LogP contribution in [0.5, 0.6) is 0 Å². The van der Waals surface area contributed by atoms with E-state index in [1.54, 1.807) is 0 Å². The van der Waals surface area contributed by atoms with Gasteiger partial charge in [-0.3, -0.25) is 0 Å². The predicted molar refractivity (Wildman–Crippen MR) is 218 cm³/mol. The Balaban J connectivity index is 1.35. The van der Waals surface area contributed by atoms with Crippen molar-refractivity contribution in [1.29, 1.82) is 0 Å². The van der Waals surface area contributed by atoms with Gasteiger partial charge in [0.2, 0.25) is 0 Å². The summed E-state index contributed by atoms with van der Waals surface area (Å²) in [5.74, 6) is 0. The van der Waals surface area contributed by atoms with E-state index >= 15 is 0 Å². The van der Waals surface area contributed by atoms with E-state index in [0.29, 0.717) is 27.6 Å². The van der Waals surface area contributed by atoms with Crippen molar-refractivity contribution in [2.24, 2.45) is 0 Å². The summed E-state index contributed by atoms with van der Waals surface area (Å²) < 4.78 is 81.0. The second kappa shape index (κ2) is 9.94. The van der Waals surface area contributed by atoms with E-state index in [2.05, 4.69) is 48.5 Å². The van der Waals surface area contributed by atoms with Crippen LogP contribution in [-0.2, 0) is 0 Å². The van der Waals surface area contributed by atoms with E-state index in [-0.39, 0.29) is 57.5 Å². The van der Waals surface area contributed by atoms with Crippen LogP contribution in [-0.4, -0.2) is 0 Å². The van der Waals surface area contributed by atoms with E-state index in [4.69, 9.17) is 9.90 Å². The van der Waals surface area contributed by atoms with Crippen LogP contribution in [0.3, 0.4) is 0 Å². The van der Waals surface area contributed by atoms with Gasteiger partial charge in [0.05, 0.1) is 11.0 Å². The summed E-state index contributed by atoms with van der Waals surface area (Å²) in [6, 6.07) is 38.1. The Morgan fingerprint density at radius 3 is 1.92 bits per heavy atom. The summed E-state index contributed by atoms with van der Waals surface area (Å²) in [7, 11) is 0. The van der Waals surface area contributed by atoms with Gasteiger partial charge in [0.25, 0.3) is 0 Å². The second-order valence-electron chi connectivity index (χ2n) is 13.3. The third kappa shape index (κ3) is 3.65. The molecule has 0 unspecified atom stereocenters. The summed E-state index contributed by atoms with van der Waals surface area (Å²) in [6.45, 7) is 0. The number of rotatable bonds is 2. The molecule has 0 aliphatic carbocycles. The summed E-state index contributed by atoms with van der Waals surface area (Å²) in [5.41, 5.74) is 2.25. The zero-order valence-corrected chi connectivity index (χ0v) is 27.0. The van der Waals surface area contributed by atoms with Gasteiger partial charge in [-0.25, -0.2) is 0 Å². The van der Waals surface area contributed by atoms with E-state index in [1.165, 1.54) is 0 Å². The maximum Gasteiger partial charge on any atom is 0.143 e. The average Bonchev–Trinajstić information content (AvgIpc) is 3.65. The molecule has 234 valence electrons. The largest absolute Gasteiger partial charge is 0.455 e. The Morgan fingerprint density at radius 1 is 0.333 bits per heavy atom. The van der Waals surface area contributed by atoms with Gasteiger partial charge in [0.1, 0.15) is 11.2 Å². The van der Waals surface area contributed by atoms with Crippen LogP contribution in [0.1, 0.15) is 11.0 Å². The molecular weight excluding hydrogens is 617 g/mol. The zero-order valence-electron chi connectivity index (χ0n) is 35.0. The molecule has 0 aliphatic rings. The van der Waals surface area contributed by atoms with Crippen LogP contribution in [0.4, 0.5) is 0 Å². The molecular formula is C50H28O. The Kier molecular flexibility index (Phi) is 4.04. The van der Waals surface area contributed by atoms with Crippen molar-refractivity contribution >= 4 is 97.3 Å².